The maximum atomic E-state index is 13.1. The van der Waals surface area contributed by atoms with Crippen LogP contribution >= 0.6 is 0 Å². The predicted molar refractivity (Wildman–Crippen MR) is 127 cm³/mol. The first-order chi connectivity index (χ1) is 15.8. The van der Waals surface area contributed by atoms with Crippen molar-refractivity contribution in [2.24, 2.45) is 0 Å². The Bertz CT molecular complexity index is 1340. The highest BCUT2D eigenvalue weighted by Gasteiger charge is 2.22. The maximum Gasteiger partial charge on any atom is 0.295 e. The number of nitrogens with zero attached hydrogens (tertiary/aromatic N) is 4. The van der Waals surface area contributed by atoms with Crippen molar-refractivity contribution in [1.29, 1.82) is 0 Å². The quantitative estimate of drug-likeness (QED) is 0.472. The molecule has 0 bridgehead atoms. The second-order valence-electron chi connectivity index (χ2n) is 7.59. The monoisotopic (exact) mass is 461 g/mol. The van der Waals surface area contributed by atoms with Crippen LogP contribution in [0.15, 0.2) is 83.8 Å². The highest BCUT2D eigenvalue weighted by Crippen LogP contribution is 2.24. The molecule has 0 saturated carbocycles. The molecular formula is C24H23N5O3S. The summed E-state index contributed by atoms with van der Waals surface area (Å²) in [4.78, 5) is 17.7. The van der Waals surface area contributed by atoms with Crippen molar-refractivity contribution in [1.82, 2.24) is 19.1 Å². The van der Waals surface area contributed by atoms with Crippen LogP contribution in [0.2, 0.25) is 0 Å². The van der Waals surface area contributed by atoms with Crippen LogP contribution < -0.4 is 5.32 Å². The van der Waals surface area contributed by atoms with Gasteiger partial charge in [-0.15, -0.1) is 5.10 Å². The molecule has 1 N–H and O–H groups in total. The number of carbonyl (C=O) groups is 1. The van der Waals surface area contributed by atoms with Gasteiger partial charge < -0.3 is 5.32 Å². The number of rotatable bonds is 6. The molecule has 3 aromatic carbocycles. The number of anilines is 1. The minimum Gasteiger partial charge on any atom is -0.319 e. The van der Waals surface area contributed by atoms with Gasteiger partial charge in [-0.05, 0) is 36.8 Å². The molecule has 0 atom stereocenters. The van der Waals surface area contributed by atoms with Gasteiger partial charge in [0.15, 0.2) is 5.82 Å². The molecule has 0 aliphatic rings. The Morgan fingerprint density at radius 3 is 2.21 bits per heavy atom. The lowest BCUT2D eigenvalue weighted by atomic mass is 10.2. The molecule has 9 heteroatoms. The van der Waals surface area contributed by atoms with Gasteiger partial charge in [0.05, 0.1) is 10.6 Å². The van der Waals surface area contributed by atoms with E-state index in [1.807, 2.05) is 60.7 Å². The van der Waals surface area contributed by atoms with Gasteiger partial charge in [-0.3, -0.25) is 4.79 Å². The minimum absolute atomic E-state index is 0.0297. The number of carbonyl (C=O) groups excluding carboxylic acids is 1. The average Bonchev–Trinajstić information content (AvgIpc) is 3.27. The molecule has 1 heterocycles. The molecule has 168 valence electrons. The van der Waals surface area contributed by atoms with Crippen LogP contribution in [-0.4, -0.2) is 47.5 Å². The number of aryl methyl sites for hydroxylation is 1. The molecule has 0 fully saturated rings. The summed E-state index contributed by atoms with van der Waals surface area (Å²) in [7, 11) is -0.730. The van der Waals surface area contributed by atoms with Crippen molar-refractivity contribution >= 4 is 21.6 Å². The summed E-state index contributed by atoms with van der Waals surface area (Å²) in [5.41, 5.74) is 2.66. The summed E-state index contributed by atoms with van der Waals surface area (Å²) >= 11 is 0. The Balaban J connectivity index is 1.72. The van der Waals surface area contributed by atoms with E-state index >= 15 is 0 Å². The van der Waals surface area contributed by atoms with E-state index in [0.717, 1.165) is 15.6 Å². The largest absolute Gasteiger partial charge is 0.319 e. The van der Waals surface area contributed by atoms with Gasteiger partial charge in [0.25, 0.3) is 5.91 Å². The summed E-state index contributed by atoms with van der Waals surface area (Å²) in [5, 5.41) is 7.21. The third kappa shape index (κ3) is 4.55. The Kier molecular flexibility index (Phi) is 6.08. The Morgan fingerprint density at radius 2 is 1.58 bits per heavy atom. The van der Waals surface area contributed by atoms with Gasteiger partial charge in [0.2, 0.25) is 15.8 Å². The lowest BCUT2D eigenvalue weighted by Crippen LogP contribution is -2.22. The lowest BCUT2D eigenvalue weighted by Gasteiger charge is -2.14. The van der Waals surface area contributed by atoms with Crippen LogP contribution in [0.1, 0.15) is 16.2 Å². The van der Waals surface area contributed by atoms with Gasteiger partial charge in [-0.1, -0.05) is 54.6 Å². The molecule has 33 heavy (non-hydrogen) atoms. The third-order valence-corrected chi connectivity index (χ3v) is 6.89. The molecule has 0 radical (unpaired) electrons. The normalized spacial score (nSPS) is 11.5. The standard InChI is InChI=1S/C24H23N5O3S/c1-17-14-15-20(33(31,32)28(2)3)16-21(17)25-24(30)22-26-23(18-10-6-4-7-11-18)29(27-22)19-12-8-5-9-13-19/h4-16H,1-3H3,(H,25,30). The Morgan fingerprint density at radius 1 is 0.939 bits per heavy atom. The summed E-state index contributed by atoms with van der Waals surface area (Å²) in [6.07, 6.45) is 0. The van der Waals surface area contributed by atoms with Gasteiger partial charge in [0.1, 0.15) is 0 Å². The number of hydrogen-bond donors (Lipinski definition) is 1. The summed E-state index contributed by atoms with van der Waals surface area (Å²) in [6, 6.07) is 23.5. The van der Waals surface area contributed by atoms with Crippen molar-refractivity contribution in [3.8, 4) is 17.1 Å². The Hall–Kier alpha value is -3.82. The fraction of sp³-hybridized carbons (Fsp3) is 0.125. The van der Waals surface area contributed by atoms with Crippen LogP contribution in [-0.2, 0) is 10.0 Å². The van der Waals surface area contributed by atoms with Crippen LogP contribution in [0.5, 0.6) is 0 Å². The molecule has 0 spiro atoms. The highest BCUT2D eigenvalue weighted by atomic mass is 32.2. The molecule has 0 aliphatic carbocycles. The van der Waals surface area contributed by atoms with Crippen molar-refractivity contribution in [3.63, 3.8) is 0 Å². The smallest absolute Gasteiger partial charge is 0.295 e. The minimum atomic E-state index is -3.64. The molecular weight excluding hydrogens is 438 g/mol. The van der Waals surface area contributed by atoms with E-state index < -0.39 is 15.9 Å². The maximum absolute atomic E-state index is 13.1. The van der Waals surface area contributed by atoms with Gasteiger partial charge in [-0.25, -0.2) is 22.4 Å². The van der Waals surface area contributed by atoms with Crippen molar-refractivity contribution < 1.29 is 13.2 Å². The number of sulfonamides is 1. The highest BCUT2D eigenvalue weighted by molar-refractivity contribution is 7.89. The van der Waals surface area contributed by atoms with Gasteiger partial charge in [0, 0.05) is 25.3 Å². The zero-order valence-electron chi connectivity index (χ0n) is 18.4. The predicted octanol–water partition coefficient (Wildman–Crippen LogP) is 3.75. The summed E-state index contributed by atoms with van der Waals surface area (Å²) in [6.45, 7) is 1.78. The second-order valence-corrected chi connectivity index (χ2v) is 9.74. The van der Waals surface area contributed by atoms with Crippen molar-refractivity contribution in [2.45, 2.75) is 11.8 Å². The second kappa shape index (κ2) is 8.97. The molecule has 0 aliphatic heterocycles. The average molecular weight is 462 g/mol. The Labute approximate surface area is 192 Å². The number of nitrogens with one attached hydrogen (secondary N) is 1. The summed E-state index contributed by atoms with van der Waals surface area (Å²) < 4.78 is 27.7. The number of amides is 1. The molecule has 0 unspecified atom stereocenters. The van der Waals surface area contributed by atoms with E-state index in [1.165, 1.54) is 26.2 Å². The van der Waals surface area contributed by atoms with E-state index in [4.69, 9.17) is 0 Å². The van der Waals surface area contributed by atoms with Crippen molar-refractivity contribution in [3.05, 3.63) is 90.3 Å². The zero-order chi connectivity index (χ0) is 23.6. The lowest BCUT2D eigenvalue weighted by molar-refractivity contribution is 0.101. The van der Waals surface area contributed by atoms with E-state index in [2.05, 4.69) is 15.4 Å². The first-order valence-corrected chi connectivity index (χ1v) is 11.6. The molecule has 0 saturated heterocycles. The van der Waals surface area contributed by atoms with Gasteiger partial charge in [-0.2, -0.15) is 0 Å². The van der Waals surface area contributed by atoms with Gasteiger partial charge >= 0.3 is 0 Å². The van der Waals surface area contributed by atoms with Crippen LogP contribution in [0.25, 0.3) is 17.1 Å². The molecule has 1 aromatic heterocycles. The van der Waals surface area contributed by atoms with Crippen LogP contribution in [0.3, 0.4) is 0 Å². The molecule has 4 aromatic rings. The number of para-hydroxylation sites is 1. The topological polar surface area (TPSA) is 97.2 Å². The van der Waals surface area contributed by atoms with Crippen molar-refractivity contribution in [2.75, 3.05) is 19.4 Å². The number of aromatic nitrogens is 3. The first kappa shape index (κ1) is 22.4. The number of benzene rings is 3. The third-order valence-electron chi connectivity index (χ3n) is 5.08. The van der Waals surface area contributed by atoms with E-state index in [-0.39, 0.29) is 10.7 Å². The molecule has 1 amide bonds. The fourth-order valence-electron chi connectivity index (χ4n) is 3.22. The molecule has 8 nitrogen and oxygen atoms in total. The van der Waals surface area contributed by atoms with Crippen LogP contribution in [0, 0.1) is 6.92 Å². The van der Waals surface area contributed by atoms with Crippen LogP contribution in [0.4, 0.5) is 5.69 Å². The van der Waals surface area contributed by atoms with E-state index in [0.29, 0.717) is 17.1 Å². The fourth-order valence-corrected chi connectivity index (χ4v) is 4.15. The number of hydrogen-bond acceptors (Lipinski definition) is 5. The molecule has 4 rings (SSSR count). The van der Waals surface area contributed by atoms with E-state index in [1.54, 1.807) is 17.7 Å². The first-order valence-electron chi connectivity index (χ1n) is 10.2. The zero-order valence-corrected chi connectivity index (χ0v) is 19.2. The SMILES string of the molecule is Cc1ccc(S(=O)(=O)N(C)C)cc1NC(=O)c1nc(-c2ccccc2)n(-c2ccccc2)n1. The van der Waals surface area contributed by atoms with E-state index in [9.17, 15) is 13.2 Å². The summed E-state index contributed by atoms with van der Waals surface area (Å²) in [5.74, 6) is -0.0463.